The number of aryl methyl sites for hydroxylation is 2. The van der Waals surface area contributed by atoms with Crippen molar-refractivity contribution < 1.29 is 4.74 Å². The molecule has 1 N–H and O–H groups in total. The summed E-state index contributed by atoms with van der Waals surface area (Å²) in [5, 5.41) is 0.745. The average Bonchev–Trinajstić information content (AvgIpc) is 2.86. The molecule has 3 nitrogen and oxygen atoms in total. The minimum absolute atomic E-state index is 0.154. The second-order valence-electron chi connectivity index (χ2n) is 5.31. The first-order valence-electron chi connectivity index (χ1n) is 6.92. The SMILES string of the molecule is Cc1ccc2nc([C@H](C)Oc3ccc(Cl)c(C)c3)[nH]c2c1. The first-order valence-corrected chi connectivity index (χ1v) is 7.30. The summed E-state index contributed by atoms with van der Waals surface area (Å²) in [6.45, 7) is 6.01. The molecule has 4 heteroatoms. The summed E-state index contributed by atoms with van der Waals surface area (Å²) in [5.41, 5.74) is 4.20. The molecule has 0 saturated heterocycles. The summed E-state index contributed by atoms with van der Waals surface area (Å²) < 4.78 is 5.94. The highest BCUT2D eigenvalue weighted by atomic mass is 35.5. The quantitative estimate of drug-likeness (QED) is 0.741. The Kier molecular flexibility index (Phi) is 3.60. The molecule has 0 aliphatic heterocycles. The third kappa shape index (κ3) is 2.88. The van der Waals surface area contributed by atoms with Gasteiger partial charge in [0, 0.05) is 5.02 Å². The number of fused-ring (bicyclic) bond motifs is 1. The number of ether oxygens (including phenoxy) is 1. The maximum atomic E-state index is 6.03. The van der Waals surface area contributed by atoms with E-state index in [0.29, 0.717) is 0 Å². The number of benzene rings is 2. The predicted molar refractivity (Wildman–Crippen MR) is 86.1 cm³/mol. The summed E-state index contributed by atoms with van der Waals surface area (Å²) >= 11 is 6.03. The molecule has 0 unspecified atom stereocenters. The van der Waals surface area contributed by atoms with Gasteiger partial charge in [-0.3, -0.25) is 0 Å². The van der Waals surface area contributed by atoms with E-state index in [1.165, 1.54) is 5.56 Å². The smallest absolute Gasteiger partial charge is 0.153 e. The summed E-state index contributed by atoms with van der Waals surface area (Å²) in [7, 11) is 0. The van der Waals surface area contributed by atoms with E-state index in [9.17, 15) is 0 Å². The van der Waals surface area contributed by atoms with Crippen molar-refractivity contribution >= 4 is 22.6 Å². The lowest BCUT2D eigenvalue weighted by Crippen LogP contribution is -2.05. The molecule has 0 fully saturated rings. The fourth-order valence-electron chi connectivity index (χ4n) is 2.29. The van der Waals surface area contributed by atoms with Crippen LogP contribution in [0.3, 0.4) is 0 Å². The molecule has 1 heterocycles. The van der Waals surface area contributed by atoms with Gasteiger partial charge in [-0.2, -0.15) is 0 Å². The number of nitrogens with one attached hydrogen (secondary N) is 1. The maximum absolute atomic E-state index is 6.03. The van der Waals surface area contributed by atoms with E-state index < -0.39 is 0 Å². The van der Waals surface area contributed by atoms with E-state index in [-0.39, 0.29) is 6.10 Å². The number of hydrogen-bond donors (Lipinski definition) is 1. The lowest BCUT2D eigenvalue weighted by molar-refractivity contribution is 0.218. The second-order valence-corrected chi connectivity index (χ2v) is 5.72. The molecule has 0 bridgehead atoms. The number of aromatic nitrogens is 2. The van der Waals surface area contributed by atoms with Crippen LogP contribution in [0.15, 0.2) is 36.4 Å². The fraction of sp³-hybridized carbons (Fsp3) is 0.235. The predicted octanol–water partition coefficient (Wildman–Crippen LogP) is 4.97. The number of halogens is 1. The minimum atomic E-state index is -0.154. The van der Waals surface area contributed by atoms with Gasteiger partial charge in [0.25, 0.3) is 0 Å². The first kappa shape index (κ1) is 14.0. The second kappa shape index (κ2) is 5.41. The van der Waals surface area contributed by atoms with Crippen molar-refractivity contribution in [3.8, 4) is 5.75 Å². The third-order valence-corrected chi connectivity index (χ3v) is 3.91. The van der Waals surface area contributed by atoms with E-state index >= 15 is 0 Å². The number of hydrogen-bond acceptors (Lipinski definition) is 2. The van der Waals surface area contributed by atoms with Crippen LogP contribution in [0.5, 0.6) is 5.75 Å². The normalized spacial score (nSPS) is 12.6. The van der Waals surface area contributed by atoms with Crippen molar-refractivity contribution in [2.45, 2.75) is 26.9 Å². The van der Waals surface area contributed by atoms with E-state index in [4.69, 9.17) is 16.3 Å². The van der Waals surface area contributed by atoms with Gasteiger partial charge in [-0.15, -0.1) is 0 Å². The zero-order valence-electron chi connectivity index (χ0n) is 12.3. The first-order chi connectivity index (χ1) is 10.0. The molecule has 108 valence electrons. The molecule has 1 aromatic heterocycles. The topological polar surface area (TPSA) is 37.9 Å². The molecule has 0 radical (unpaired) electrons. The van der Waals surface area contributed by atoms with Gasteiger partial charge in [0.05, 0.1) is 11.0 Å². The van der Waals surface area contributed by atoms with Crippen molar-refractivity contribution in [3.05, 3.63) is 58.4 Å². The molecule has 0 spiro atoms. The Morgan fingerprint density at radius 3 is 2.71 bits per heavy atom. The lowest BCUT2D eigenvalue weighted by atomic mass is 10.2. The summed E-state index contributed by atoms with van der Waals surface area (Å²) in [6, 6.07) is 11.8. The van der Waals surface area contributed by atoms with Crippen LogP contribution in [0.25, 0.3) is 11.0 Å². The largest absolute Gasteiger partial charge is 0.483 e. The fourth-order valence-corrected chi connectivity index (χ4v) is 2.40. The molecular weight excluding hydrogens is 284 g/mol. The Labute approximate surface area is 128 Å². The number of aromatic amines is 1. The van der Waals surface area contributed by atoms with Crippen molar-refractivity contribution in [1.29, 1.82) is 0 Å². The Bertz CT molecular complexity index is 795. The average molecular weight is 301 g/mol. The highest BCUT2D eigenvalue weighted by Crippen LogP contribution is 2.26. The van der Waals surface area contributed by atoms with Crippen LogP contribution in [-0.4, -0.2) is 9.97 Å². The zero-order chi connectivity index (χ0) is 15.0. The third-order valence-electron chi connectivity index (χ3n) is 3.48. The molecule has 0 amide bonds. The number of imidazole rings is 1. The molecule has 21 heavy (non-hydrogen) atoms. The van der Waals surface area contributed by atoms with Crippen molar-refractivity contribution in [2.75, 3.05) is 0 Å². The van der Waals surface area contributed by atoms with Crippen LogP contribution in [-0.2, 0) is 0 Å². The Balaban J connectivity index is 1.85. The molecule has 0 aliphatic rings. The highest BCUT2D eigenvalue weighted by molar-refractivity contribution is 6.31. The van der Waals surface area contributed by atoms with Gasteiger partial charge in [-0.25, -0.2) is 4.98 Å². The summed E-state index contributed by atoms with van der Waals surface area (Å²) in [6.07, 6.45) is -0.154. The number of nitrogens with zero attached hydrogens (tertiary/aromatic N) is 1. The molecular formula is C17H17ClN2O. The maximum Gasteiger partial charge on any atom is 0.153 e. The monoisotopic (exact) mass is 300 g/mol. The van der Waals surface area contributed by atoms with Gasteiger partial charge in [-0.1, -0.05) is 17.7 Å². The van der Waals surface area contributed by atoms with Crippen molar-refractivity contribution in [1.82, 2.24) is 9.97 Å². The van der Waals surface area contributed by atoms with Crippen LogP contribution in [0.4, 0.5) is 0 Å². The van der Waals surface area contributed by atoms with Gasteiger partial charge >= 0.3 is 0 Å². The molecule has 1 atom stereocenters. The Morgan fingerprint density at radius 1 is 1.14 bits per heavy atom. The molecule has 3 aromatic rings. The van der Waals surface area contributed by atoms with Crippen LogP contribution in [0.2, 0.25) is 5.02 Å². The van der Waals surface area contributed by atoms with Crippen LogP contribution in [0.1, 0.15) is 30.0 Å². The Morgan fingerprint density at radius 2 is 1.95 bits per heavy atom. The molecule has 0 saturated carbocycles. The van der Waals surface area contributed by atoms with Crippen LogP contribution >= 0.6 is 11.6 Å². The van der Waals surface area contributed by atoms with Gasteiger partial charge in [0.1, 0.15) is 11.6 Å². The van der Waals surface area contributed by atoms with Gasteiger partial charge in [-0.05, 0) is 62.2 Å². The minimum Gasteiger partial charge on any atom is -0.483 e. The lowest BCUT2D eigenvalue weighted by Gasteiger charge is -2.13. The van der Waals surface area contributed by atoms with E-state index in [1.54, 1.807) is 0 Å². The van der Waals surface area contributed by atoms with Crippen LogP contribution < -0.4 is 4.74 Å². The van der Waals surface area contributed by atoms with Crippen molar-refractivity contribution in [3.63, 3.8) is 0 Å². The van der Waals surface area contributed by atoms with E-state index in [2.05, 4.69) is 29.0 Å². The Hall–Kier alpha value is -2.00. The zero-order valence-corrected chi connectivity index (χ0v) is 13.0. The molecule has 3 rings (SSSR count). The van der Waals surface area contributed by atoms with Crippen LogP contribution in [0, 0.1) is 13.8 Å². The molecule has 0 aliphatic carbocycles. The van der Waals surface area contributed by atoms with Gasteiger partial charge < -0.3 is 9.72 Å². The van der Waals surface area contributed by atoms with Gasteiger partial charge in [0.15, 0.2) is 6.10 Å². The standard InChI is InChI=1S/C17H17ClN2O/c1-10-4-7-15-16(8-10)20-17(19-15)12(3)21-13-5-6-14(18)11(2)9-13/h4-9,12H,1-3H3,(H,19,20)/t12-/m0/s1. The number of H-pyrrole nitrogens is 1. The highest BCUT2D eigenvalue weighted by Gasteiger charge is 2.13. The van der Waals surface area contributed by atoms with Crippen molar-refractivity contribution in [2.24, 2.45) is 0 Å². The van der Waals surface area contributed by atoms with E-state index in [1.807, 2.05) is 38.1 Å². The molecule has 2 aromatic carbocycles. The van der Waals surface area contributed by atoms with Gasteiger partial charge in [0.2, 0.25) is 0 Å². The summed E-state index contributed by atoms with van der Waals surface area (Å²) in [5.74, 6) is 1.62. The summed E-state index contributed by atoms with van der Waals surface area (Å²) in [4.78, 5) is 7.90. The van der Waals surface area contributed by atoms with E-state index in [0.717, 1.165) is 33.2 Å². The number of rotatable bonds is 3.